The van der Waals surface area contributed by atoms with Crippen LogP contribution in [0.15, 0.2) is 12.1 Å². The molecule has 2 unspecified atom stereocenters. The molecule has 3 saturated carbocycles. The van der Waals surface area contributed by atoms with E-state index in [4.69, 9.17) is 9.47 Å². The van der Waals surface area contributed by atoms with Crippen LogP contribution >= 0.6 is 0 Å². The Morgan fingerprint density at radius 2 is 1.78 bits per heavy atom. The molecule has 1 saturated heterocycles. The van der Waals surface area contributed by atoms with Gasteiger partial charge >= 0.3 is 5.97 Å². The summed E-state index contributed by atoms with van der Waals surface area (Å²) in [5.74, 6) is 0.582. The summed E-state index contributed by atoms with van der Waals surface area (Å²) in [6.07, 6.45) is 7.17. The zero-order valence-corrected chi connectivity index (χ0v) is 22.0. The second-order valence-electron chi connectivity index (χ2n) is 12.4. The number of likely N-dealkylation sites (tertiary alicyclic amines) is 1. The Bertz CT molecular complexity index is 1000. The third kappa shape index (κ3) is 4.75. The molecular formula is C29H40FNO5. The molecule has 7 heteroatoms. The fraction of sp³-hybridized carbons (Fsp3) is 0.724. The molecule has 1 aromatic carbocycles. The first-order valence-corrected chi connectivity index (χ1v) is 13.6. The van der Waals surface area contributed by atoms with Gasteiger partial charge in [-0.05, 0) is 80.2 Å². The maximum Gasteiger partial charge on any atom is 0.328 e. The van der Waals surface area contributed by atoms with E-state index in [1.54, 1.807) is 13.0 Å². The number of β-amino-alcohol motifs (C(OH)–C–C–N with tert-alkyl or cyclic N) is 1. The Morgan fingerprint density at radius 3 is 2.39 bits per heavy atom. The molecule has 4 fully saturated rings. The van der Waals surface area contributed by atoms with E-state index < -0.39 is 35.8 Å². The first kappa shape index (κ1) is 25.5. The monoisotopic (exact) mass is 501 g/mol. The number of amides is 1. The lowest BCUT2D eigenvalue weighted by molar-refractivity contribution is -0.146. The highest BCUT2D eigenvalue weighted by Gasteiger charge is 2.47. The fourth-order valence-corrected chi connectivity index (χ4v) is 7.69. The Balaban J connectivity index is 1.40. The first-order chi connectivity index (χ1) is 17.1. The van der Waals surface area contributed by atoms with Crippen molar-refractivity contribution in [2.45, 2.75) is 83.8 Å². The number of aliphatic hydroxyl groups excluding tert-OH is 1. The molecule has 1 aliphatic heterocycles. The molecular weight excluding hydrogens is 461 g/mol. The Kier molecular flexibility index (Phi) is 6.81. The number of halogens is 1. The van der Waals surface area contributed by atoms with Crippen molar-refractivity contribution in [1.29, 1.82) is 0 Å². The molecule has 6 nitrogen and oxygen atoms in total. The van der Waals surface area contributed by atoms with Gasteiger partial charge < -0.3 is 19.5 Å². The van der Waals surface area contributed by atoms with Crippen LogP contribution in [0.2, 0.25) is 0 Å². The second kappa shape index (κ2) is 9.62. The topological polar surface area (TPSA) is 76.1 Å². The molecule has 3 aliphatic carbocycles. The van der Waals surface area contributed by atoms with Crippen molar-refractivity contribution < 1.29 is 28.6 Å². The SMILES string of the molecule is COC(=O)[C@@H]1[C@H](C)[C@H](O)CN1C(=O)c1cc(C2CC2)c(OCC23CC(C)CC(CC(C)C2)C3)cc1F. The molecule has 2 bridgehead atoms. The van der Waals surface area contributed by atoms with E-state index in [2.05, 4.69) is 13.8 Å². The highest BCUT2D eigenvalue weighted by atomic mass is 19.1. The average Bonchev–Trinajstić information content (AvgIpc) is 3.61. The van der Waals surface area contributed by atoms with Gasteiger partial charge in [0, 0.05) is 23.9 Å². The number of hydrogen-bond acceptors (Lipinski definition) is 5. The quantitative estimate of drug-likeness (QED) is 0.560. The van der Waals surface area contributed by atoms with Crippen molar-refractivity contribution in [3.63, 3.8) is 0 Å². The van der Waals surface area contributed by atoms with E-state index in [0.717, 1.165) is 37.2 Å². The van der Waals surface area contributed by atoms with Crippen molar-refractivity contribution >= 4 is 11.9 Å². The van der Waals surface area contributed by atoms with Gasteiger partial charge in [0.05, 0.1) is 25.4 Å². The van der Waals surface area contributed by atoms with Crippen LogP contribution in [0, 0.1) is 34.9 Å². The van der Waals surface area contributed by atoms with Gasteiger partial charge in [-0.1, -0.05) is 20.8 Å². The lowest BCUT2D eigenvalue weighted by atomic mass is 9.57. The van der Waals surface area contributed by atoms with Crippen LogP contribution in [0.5, 0.6) is 5.75 Å². The van der Waals surface area contributed by atoms with Crippen LogP contribution in [0.3, 0.4) is 0 Å². The zero-order valence-electron chi connectivity index (χ0n) is 22.0. The molecule has 1 amide bonds. The number of esters is 1. The maximum atomic E-state index is 15.5. The van der Waals surface area contributed by atoms with E-state index >= 15 is 4.39 Å². The fourth-order valence-electron chi connectivity index (χ4n) is 7.69. The first-order valence-electron chi connectivity index (χ1n) is 13.6. The predicted molar refractivity (Wildman–Crippen MR) is 133 cm³/mol. The molecule has 0 spiro atoms. The van der Waals surface area contributed by atoms with Crippen LogP contribution in [-0.4, -0.2) is 54.3 Å². The van der Waals surface area contributed by atoms with Crippen LogP contribution in [0.1, 0.15) is 87.6 Å². The van der Waals surface area contributed by atoms with Crippen molar-refractivity contribution in [1.82, 2.24) is 4.90 Å². The normalized spacial score (nSPS) is 36.0. The van der Waals surface area contributed by atoms with Crippen molar-refractivity contribution in [3.8, 4) is 5.75 Å². The van der Waals surface area contributed by atoms with E-state index in [1.807, 2.05) is 0 Å². The van der Waals surface area contributed by atoms with Crippen LogP contribution in [0.25, 0.3) is 0 Å². The molecule has 36 heavy (non-hydrogen) atoms. The molecule has 4 aliphatic rings. The number of carbonyl (C=O) groups is 2. The van der Waals surface area contributed by atoms with Gasteiger partial charge in [-0.2, -0.15) is 0 Å². The number of ether oxygens (including phenoxy) is 2. The van der Waals surface area contributed by atoms with Gasteiger partial charge in [0.2, 0.25) is 0 Å². The molecule has 1 aromatic rings. The summed E-state index contributed by atoms with van der Waals surface area (Å²) in [5.41, 5.74) is 0.944. The van der Waals surface area contributed by atoms with E-state index in [-0.39, 0.29) is 23.4 Å². The van der Waals surface area contributed by atoms with Crippen LogP contribution < -0.4 is 4.74 Å². The van der Waals surface area contributed by atoms with Gasteiger partial charge in [0.15, 0.2) is 0 Å². The minimum Gasteiger partial charge on any atom is -0.493 e. The predicted octanol–water partition coefficient (Wildman–Crippen LogP) is 4.93. The lowest BCUT2D eigenvalue weighted by Gasteiger charge is -2.49. The van der Waals surface area contributed by atoms with Gasteiger partial charge in [-0.15, -0.1) is 0 Å². The highest BCUT2D eigenvalue weighted by Crippen LogP contribution is 2.53. The van der Waals surface area contributed by atoms with Gasteiger partial charge in [-0.3, -0.25) is 4.79 Å². The molecule has 0 aromatic heterocycles. The van der Waals surface area contributed by atoms with Crippen LogP contribution in [-0.2, 0) is 9.53 Å². The summed E-state index contributed by atoms with van der Waals surface area (Å²) < 4.78 is 26.7. The van der Waals surface area contributed by atoms with Gasteiger partial charge in [-0.25, -0.2) is 9.18 Å². The Hall–Kier alpha value is -2.15. The number of carbonyl (C=O) groups excluding carboxylic acids is 2. The van der Waals surface area contributed by atoms with E-state index in [0.29, 0.717) is 24.2 Å². The largest absolute Gasteiger partial charge is 0.493 e. The van der Waals surface area contributed by atoms with Gasteiger partial charge in [0.1, 0.15) is 17.6 Å². The Labute approximate surface area is 213 Å². The summed E-state index contributed by atoms with van der Waals surface area (Å²) in [6, 6.07) is 2.06. The minimum atomic E-state index is -0.939. The van der Waals surface area contributed by atoms with Gasteiger partial charge in [0.25, 0.3) is 5.91 Å². The third-order valence-electron chi connectivity index (χ3n) is 9.16. The van der Waals surface area contributed by atoms with Crippen molar-refractivity contribution in [2.75, 3.05) is 20.3 Å². The van der Waals surface area contributed by atoms with E-state index in [9.17, 15) is 14.7 Å². The summed E-state index contributed by atoms with van der Waals surface area (Å²) in [4.78, 5) is 27.1. The lowest BCUT2D eigenvalue weighted by Crippen LogP contribution is -2.43. The molecule has 1 heterocycles. The number of hydrogen-bond donors (Lipinski definition) is 1. The summed E-state index contributed by atoms with van der Waals surface area (Å²) in [6.45, 7) is 6.93. The second-order valence-corrected chi connectivity index (χ2v) is 12.4. The number of fused-ring (bicyclic) bond motifs is 2. The number of methoxy groups -OCH3 is 1. The highest BCUT2D eigenvalue weighted by molar-refractivity contribution is 5.98. The molecule has 5 rings (SSSR count). The summed E-state index contributed by atoms with van der Waals surface area (Å²) in [5, 5.41) is 10.3. The minimum absolute atomic E-state index is 0.0315. The van der Waals surface area contributed by atoms with Crippen molar-refractivity contribution in [3.05, 3.63) is 29.1 Å². The standard InChI is InChI=1S/C29H40FNO5/c1-16-7-19-8-17(2)12-29(11-16,13-19)15-36-25-10-23(30)22(9-21(25)20-5-6-20)27(33)31-14-24(32)18(3)26(31)28(34)35-4/h9-10,16-20,24,26,32H,5-8,11-15H2,1-4H3/t16?,17?,18-,19?,24-,26+,29?/m1/s1. The number of nitrogens with zero attached hydrogens (tertiary/aromatic N) is 1. The van der Waals surface area contributed by atoms with E-state index in [1.165, 1.54) is 37.3 Å². The number of benzene rings is 1. The third-order valence-corrected chi connectivity index (χ3v) is 9.16. The van der Waals surface area contributed by atoms with Crippen LogP contribution in [0.4, 0.5) is 4.39 Å². The molecule has 198 valence electrons. The molecule has 0 radical (unpaired) electrons. The van der Waals surface area contributed by atoms with Crippen molar-refractivity contribution in [2.24, 2.45) is 29.1 Å². The zero-order chi connectivity index (χ0) is 25.8. The smallest absolute Gasteiger partial charge is 0.328 e. The molecule has 5 atom stereocenters. The maximum absolute atomic E-state index is 15.5. The molecule has 1 N–H and O–H groups in total. The summed E-state index contributed by atoms with van der Waals surface area (Å²) in [7, 11) is 1.25. The average molecular weight is 502 g/mol. The summed E-state index contributed by atoms with van der Waals surface area (Å²) >= 11 is 0. The number of aliphatic hydroxyl groups is 1. The number of rotatable bonds is 6. The Morgan fingerprint density at radius 1 is 1.11 bits per heavy atom.